The monoisotopic (exact) mass is 447 g/mol. The maximum Gasteiger partial charge on any atom is 0.471 e. The minimum atomic E-state index is -4.89. The molecule has 0 aliphatic carbocycles. The fourth-order valence-electron chi connectivity index (χ4n) is 4.35. The van der Waals surface area contributed by atoms with Crippen LogP contribution in [0, 0.1) is 6.92 Å². The third kappa shape index (κ3) is 3.59. The van der Waals surface area contributed by atoms with Crippen molar-refractivity contribution >= 4 is 45.0 Å². The molecule has 4 nitrogen and oxygen atoms in total. The van der Waals surface area contributed by atoms with Gasteiger partial charge in [0.1, 0.15) is 0 Å². The molecule has 1 N–H and O–H groups in total. The number of para-hydroxylation sites is 1. The first-order chi connectivity index (χ1) is 15.7. The van der Waals surface area contributed by atoms with E-state index < -0.39 is 12.1 Å². The summed E-state index contributed by atoms with van der Waals surface area (Å²) in [6.07, 6.45) is -1.65. The van der Waals surface area contributed by atoms with E-state index >= 15 is 0 Å². The van der Waals surface area contributed by atoms with Gasteiger partial charge in [-0.15, -0.1) is 0 Å². The molecule has 166 valence electrons. The van der Waals surface area contributed by atoms with Gasteiger partial charge in [-0.25, -0.2) is 4.98 Å². The molecule has 5 rings (SSSR count). The molecule has 1 aliphatic heterocycles. The van der Waals surface area contributed by atoms with Crippen LogP contribution in [0.15, 0.2) is 60.7 Å². The van der Waals surface area contributed by atoms with Crippen molar-refractivity contribution in [3.05, 3.63) is 71.8 Å². The van der Waals surface area contributed by atoms with Gasteiger partial charge < -0.3 is 10.2 Å². The highest BCUT2D eigenvalue weighted by molar-refractivity contribution is 6.19. The highest BCUT2D eigenvalue weighted by Gasteiger charge is 2.38. The van der Waals surface area contributed by atoms with Crippen LogP contribution in [0.25, 0.3) is 39.0 Å². The molecule has 2 heterocycles. The van der Waals surface area contributed by atoms with Crippen LogP contribution in [0.5, 0.6) is 0 Å². The Morgan fingerprint density at radius 2 is 1.85 bits per heavy atom. The number of pyridine rings is 1. The van der Waals surface area contributed by atoms with Crippen molar-refractivity contribution in [3.63, 3.8) is 0 Å². The lowest BCUT2D eigenvalue weighted by Gasteiger charge is -2.30. The number of nitrogens with zero attached hydrogens (tertiary/aromatic N) is 2. The first kappa shape index (κ1) is 21.0. The smallest absolute Gasteiger partial charge is 0.345 e. The average molecular weight is 447 g/mol. The van der Waals surface area contributed by atoms with E-state index in [9.17, 15) is 18.0 Å². The summed E-state index contributed by atoms with van der Waals surface area (Å²) in [7, 11) is 1.99. The lowest BCUT2D eigenvalue weighted by molar-refractivity contribution is -0.173. The number of amides is 1. The first-order valence-corrected chi connectivity index (χ1v) is 10.5. The lowest BCUT2D eigenvalue weighted by atomic mass is 9.91. The van der Waals surface area contributed by atoms with E-state index in [0.717, 1.165) is 55.4 Å². The van der Waals surface area contributed by atoms with Gasteiger partial charge in [-0.1, -0.05) is 42.0 Å². The second-order valence-corrected chi connectivity index (χ2v) is 8.13. The standard InChI is InChI=1S/C26H20F3N3O/c1-15-9-10-20-18(12-15)19-13-16(6-5-11-30-25(33)26(27,28)29)14-22-23(19)24(31-20)17-7-3-4-8-21(17)32(22)2/h3-10,12-14H,11H2,1-2H3,(H,30,33)/b6-5+. The van der Waals surface area contributed by atoms with Gasteiger partial charge >= 0.3 is 12.1 Å². The van der Waals surface area contributed by atoms with Crippen molar-refractivity contribution < 1.29 is 18.0 Å². The maximum absolute atomic E-state index is 12.4. The van der Waals surface area contributed by atoms with Crippen molar-refractivity contribution in [1.29, 1.82) is 0 Å². The molecule has 1 aliphatic rings. The van der Waals surface area contributed by atoms with Crippen LogP contribution >= 0.6 is 0 Å². The number of hydrogen-bond donors (Lipinski definition) is 1. The number of aromatic nitrogens is 1. The zero-order valence-corrected chi connectivity index (χ0v) is 18.0. The summed E-state index contributed by atoms with van der Waals surface area (Å²) in [5.41, 5.74) is 6.79. The lowest BCUT2D eigenvalue weighted by Crippen LogP contribution is -2.36. The van der Waals surface area contributed by atoms with E-state index in [4.69, 9.17) is 4.98 Å². The Kier molecular flexibility index (Phi) is 4.85. The van der Waals surface area contributed by atoms with Crippen LogP contribution in [0.4, 0.5) is 24.5 Å². The number of hydrogen-bond acceptors (Lipinski definition) is 3. The molecular formula is C26H20F3N3O. The summed E-state index contributed by atoms with van der Waals surface area (Å²) >= 11 is 0. The molecule has 0 spiro atoms. The van der Waals surface area contributed by atoms with E-state index in [1.807, 2.05) is 61.8 Å². The van der Waals surface area contributed by atoms with E-state index in [-0.39, 0.29) is 6.54 Å². The fourth-order valence-corrected chi connectivity index (χ4v) is 4.35. The van der Waals surface area contributed by atoms with Crippen molar-refractivity contribution in [2.45, 2.75) is 13.1 Å². The number of fused-ring (bicyclic) bond motifs is 4. The third-order valence-electron chi connectivity index (χ3n) is 5.88. The number of halogens is 3. The fraction of sp³-hybridized carbons (Fsp3) is 0.154. The van der Waals surface area contributed by atoms with Gasteiger partial charge in [0.2, 0.25) is 0 Å². The summed E-state index contributed by atoms with van der Waals surface area (Å²) in [4.78, 5) is 18.2. The second-order valence-electron chi connectivity index (χ2n) is 8.13. The summed E-state index contributed by atoms with van der Waals surface area (Å²) in [5.74, 6) is -1.95. The Bertz CT molecular complexity index is 1460. The summed E-state index contributed by atoms with van der Waals surface area (Å²) < 4.78 is 37.2. The quantitative estimate of drug-likeness (QED) is 0.384. The number of carbonyl (C=O) groups is 1. The third-order valence-corrected chi connectivity index (χ3v) is 5.88. The van der Waals surface area contributed by atoms with Gasteiger partial charge in [0.05, 0.1) is 22.6 Å². The van der Waals surface area contributed by atoms with E-state index in [2.05, 4.69) is 17.0 Å². The Labute approximate surface area is 188 Å². The molecule has 0 atom stereocenters. The number of nitrogens with one attached hydrogen (secondary N) is 1. The molecule has 0 bridgehead atoms. The van der Waals surface area contributed by atoms with Gasteiger partial charge in [-0.05, 0) is 48.2 Å². The highest BCUT2D eigenvalue weighted by Crippen LogP contribution is 2.48. The molecule has 3 aromatic carbocycles. The SMILES string of the molecule is Cc1ccc2nc3c4c(cc(/C=C/CNC(=O)C(F)(F)F)cc4c2c1)N(C)c1ccccc1-3. The number of rotatable bonds is 3. The van der Waals surface area contributed by atoms with Gasteiger partial charge in [0.25, 0.3) is 0 Å². The average Bonchev–Trinajstić information content (AvgIpc) is 2.79. The van der Waals surface area contributed by atoms with E-state index in [1.54, 1.807) is 6.08 Å². The Morgan fingerprint density at radius 1 is 1.06 bits per heavy atom. The predicted octanol–water partition coefficient (Wildman–Crippen LogP) is 6.14. The zero-order chi connectivity index (χ0) is 23.3. The second kappa shape index (κ2) is 7.62. The normalized spacial score (nSPS) is 13.1. The van der Waals surface area contributed by atoms with Crippen molar-refractivity contribution in [3.8, 4) is 11.3 Å². The topological polar surface area (TPSA) is 45.2 Å². The Balaban J connectivity index is 1.67. The molecule has 33 heavy (non-hydrogen) atoms. The molecule has 7 heteroatoms. The van der Waals surface area contributed by atoms with Crippen molar-refractivity contribution in [2.75, 3.05) is 18.5 Å². The van der Waals surface area contributed by atoms with Gasteiger partial charge in [0.15, 0.2) is 0 Å². The van der Waals surface area contributed by atoms with Crippen molar-refractivity contribution in [2.24, 2.45) is 0 Å². The van der Waals surface area contributed by atoms with Crippen LogP contribution in [0.2, 0.25) is 0 Å². The van der Waals surface area contributed by atoms with Crippen LogP contribution in [-0.4, -0.2) is 30.7 Å². The summed E-state index contributed by atoms with van der Waals surface area (Å²) in [6.45, 7) is 1.81. The Morgan fingerprint density at radius 3 is 2.64 bits per heavy atom. The van der Waals surface area contributed by atoms with Crippen molar-refractivity contribution in [1.82, 2.24) is 10.3 Å². The number of anilines is 2. The predicted molar refractivity (Wildman–Crippen MR) is 126 cm³/mol. The molecule has 1 amide bonds. The Hall–Kier alpha value is -3.87. The van der Waals surface area contributed by atoms with E-state index in [0.29, 0.717) is 0 Å². The van der Waals surface area contributed by atoms with Gasteiger partial charge in [-0.2, -0.15) is 13.2 Å². The number of carbonyl (C=O) groups excluding carboxylic acids is 1. The zero-order valence-electron chi connectivity index (χ0n) is 18.0. The van der Waals surface area contributed by atoms with Crippen LogP contribution < -0.4 is 10.2 Å². The van der Waals surface area contributed by atoms with Crippen LogP contribution in [0.1, 0.15) is 11.1 Å². The minimum Gasteiger partial charge on any atom is -0.345 e. The molecule has 0 fully saturated rings. The first-order valence-electron chi connectivity index (χ1n) is 10.5. The molecule has 0 saturated carbocycles. The largest absolute Gasteiger partial charge is 0.471 e. The highest BCUT2D eigenvalue weighted by atomic mass is 19.4. The number of alkyl halides is 3. The molecule has 0 unspecified atom stereocenters. The maximum atomic E-state index is 12.4. The van der Waals surface area contributed by atoms with Crippen LogP contribution in [0.3, 0.4) is 0 Å². The minimum absolute atomic E-state index is 0.216. The summed E-state index contributed by atoms with van der Waals surface area (Å²) in [6, 6.07) is 18.2. The molecule has 4 aromatic rings. The molecule has 0 radical (unpaired) electrons. The van der Waals surface area contributed by atoms with E-state index in [1.165, 1.54) is 6.08 Å². The van der Waals surface area contributed by atoms with Crippen LogP contribution in [-0.2, 0) is 4.79 Å². The summed E-state index contributed by atoms with van der Waals surface area (Å²) in [5, 5.41) is 4.95. The van der Waals surface area contributed by atoms with Gasteiger partial charge in [0, 0.05) is 29.9 Å². The number of aryl methyl sites for hydroxylation is 1. The molecule has 0 saturated heterocycles. The molecular weight excluding hydrogens is 427 g/mol. The number of benzene rings is 3. The molecule has 1 aromatic heterocycles. The van der Waals surface area contributed by atoms with Gasteiger partial charge in [-0.3, -0.25) is 4.79 Å².